The lowest BCUT2D eigenvalue weighted by molar-refractivity contribution is -0.137. The molecular weight excluding hydrogens is 216 g/mol. The molecular formula is C13H18N2O2. The first kappa shape index (κ1) is 12.1. The van der Waals surface area contributed by atoms with E-state index >= 15 is 0 Å². The monoisotopic (exact) mass is 234 g/mol. The number of carboxylic acids is 1. The van der Waals surface area contributed by atoms with E-state index < -0.39 is 5.97 Å². The fourth-order valence-electron chi connectivity index (χ4n) is 2.13. The van der Waals surface area contributed by atoms with E-state index in [1.54, 1.807) is 0 Å². The van der Waals surface area contributed by atoms with Gasteiger partial charge in [-0.05, 0) is 25.3 Å². The van der Waals surface area contributed by atoms with Crippen molar-refractivity contribution in [3.63, 3.8) is 0 Å². The number of hydrogen-bond donors (Lipinski definition) is 3. The van der Waals surface area contributed by atoms with Crippen LogP contribution in [0.3, 0.4) is 0 Å². The number of carboxylic acid groups (broad SMARTS) is 1. The molecule has 1 fully saturated rings. The van der Waals surface area contributed by atoms with Gasteiger partial charge >= 0.3 is 5.97 Å². The van der Waals surface area contributed by atoms with Gasteiger partial charge in [0.05, 0.1) is 0 Å². The Bertz CT molecular complexity index is 389. The highest BCUT2D eigenvalue weighted by molar-refractivity contribution is 5.66. The topological polar surface area (TPSA) is 61.4 Å². The minimum absolute atomic E-state index is 0.222. The van der Waals surface area contributed by atoms with Gasteiger partial charge in [-0.25, -0.2) is 0 Å². The molecule has 0 amide bonds. The van der Waals surface area contributed by atoms with Crippen molar-refractivity contribution in [2.45, 2.75) is 38.3 Å². The van der Waals surface area contributed by atoms with Crippen LogP contribution in [0.5, 0.6) is 0 Å². The van der Waals surface area contributed by atoms with E-state index in [0.29, 0.717) is 6.42 Å². The number of hydrogen-bond acceptors (Lipinski definition) is 3. The van der Waals surface area contributed by atoms with Gasteiger partial charge in [-0.2, -0.15) is 0 Å². The Morgan fingerprint density at radius 1 is 1.35 bits per heavy atom. The molecule has 0 radical (unpaired) electrons. The molecule has 1 aromatic rings. The molecule has 1 aliphatic heterocycles. The number of aliphatic carboxylic acids is 1. The van der Waals surface area contributed by atoms with Crippen LogP contribution in [0.25, 0.3) is 0 Å². The number of hydrazine groups is 1. The van der Waals surface area contributed by atoms with Crippen LogP contribution >= 0.6 is 0 Å². The van der Waals surface area contributed by atoms with Crippen LogP contribution in [-0.2, 0) is 4.79 Å². The average molecular weight is 234 g/mol. The van der Waals surface area contributed by atoms with Crippen LogP contribution in [-0.4, -0.2) is 17.1 Å². The van der Waals surface area contributed by atoms with Gasteiger partial charge in [0, 0.05) is 18.5 Å². The molecule has 17 heavy (non-hydrogen) atoms. The number of rotatable bonds is 4. The number of carbonyl (C=O) groups is 1. The fourth-order valence-corrected chi connectivity index (χ4v) is 2.13. The summed E-state index contributed by atoms with van der Waals surface area (Å²) < 4.78 is 0. The highest BCUT2D eigenvalue weighted by Gasteiger charge is 2.24. The molecule has 2 unspecified atom stereocenters. The van der Waals surface area contributed by atoms with Gasteiger partial charge in [0.2, 0.25) is 0 Å². The summed E-state index contributed by atoms with van der Waals surface area (Å²) in [6.45, 7) is 2.07. The third-order valence-electron chi connectivity index (χ3n) is 3.17. The van der Waals surface area contributed by atoms with Crippen molar-refractivity contribution in [3.05, 3.63) is 35.4 Å². The van der Waals surface area contributed by atoms with Crippen LogP contribution in [0, 0.1) is 6.92 Å². The Kier molecular flexibility index (Phi) is 3.76. The largest absolute Gasteiger partial charge is 0.481 e. The van der Waals surface area contributed by atoms with Crippen molar-refractivity contribution in [2.24, 2.45) is 0 Å². The summed E-state index contributed by atoms with van der Waals surface area (Å²) in [5, 5.41) is 8.64. The minimum atomic E-state index is -0.731. The maximum absolute atomic E-state index is 10.5. The first-order valence-corrected chi connectivity index (χ1v) is 5.94. The van der Waals surface area contributed by atoms with Gasteiger partial charge in [-0.15, -0.1) is 0 Å². The van der Waals surface area contributed by atoms with Crippen LogP contribution in [0.1, 0.15) is 36.4 Å². The van der Waals surface area contributed by atoms with Gasteiger partial charge < -0.3 is 5.11 Å². The molecule has 0 bridgehead atoms. The predicted molar refractivity (Wildman–Crippen MR) is 65.5 cm³/mol. The van der Waals surface area contributed by atoms with E-state index in [9.17, 15) is 4.79 Å². The molecule has 92 valence electrons. The molecule has 1 aromatic carbocycles. The Labute approximate surface area is 101 Å². The summed E-state index contributed by atoms with van der Waals surface area (Å²) in [6.07, 6.45) is 1.83. The van der Waals surface area contributed by atoms with E-state index in [1.807, 2.05) is 0 Å². The first-order chi connectivity index (χ1) is 8.15. The molecule has 4 nitrogen and oxygen atoms in total. The van der Waals surface area contributed by atoms with Crippen molar-refractivity contribution in [1.29, 1.82) is 0 Å². The van der Waals surface area contributed by atoms with E-state index in [1.165, 1.54) is 11.1 Å². The lowest BCUT2D eigenvalue weighted by Gasteiger charge is -2.09. The average Bonchev–Trinajstić information content (AvgIpc) is 2.76. The van der Waals surface area contributed by atoms with E-state index in [4.69, 9.17) is 5.11 Å². The normalized spacial score (nSPS) is 23.8. The Morgan fingerprint density at radius 2 is 2.06 bits per heavy atom. The minimum Gasteiger partial charge on any atom is -0.481 e. The quantitative estimate of drug-likeness (QED) is 0.743. The fraction of sp³-hybridized carbons (Fsp3) is 0.462. The zero-order valence-corrected chi connectivity index (χ0v) is 9.94. The molecule has 2 rings (SSSR count). The van der Waals surface area contributed by atoms with Gasteiger partial charge in [0.1, 0.15) is 0 Å². The zero-order valence-electron chi connectivity index (χ0n) is 9.94. The summed E-state index contributed by atoms with van der Waals surface area (Å²) in [5.74, 6) is -0.731. The Morgan fingerprint density at radius 3 is 2.71 bits per heavy atom. The molecule has 1 heterocycles. The number of aryl methyl sites for hydroxylation is 1. The predicted octanol–water partition coefficient (Wildman–Crippen LogP) is 1.77. The van der Waals surface area contributed by atoms with Crippen molar-refractivity contribution in [3.8, 4) is 0 Å². The Balaban J connectivity index is 1.89. The summed E-state index contributed by atoms with van der Waals surface area (Å²) in [5.41, 5.74) is 8.89. The molecule has 4 heteroatoms. The molecule has 1 saturated heterocycles. The second-order valence-electron chi connectivity index (χ2n) is 4.62. The SMILES string of the molecule is Cc1ccc(C2CC(CCC(=O)O)NN2)cc1. The molecule has 0 saturated carbocycles. The van der Waals surface area contributed by atoms with E-state index in [-0.39, 0.29) is 18.5 Å². The third-order valence-corrected chi connectivity index (χ3v) is 3.17. The lowest BCUT2D eigenvalue weighted by atomic mass is 9.99. The smallest absolute Gasteiger partial charge is 0.303 e. The molecule has 0 aliphatic carbocycles. The van der Waals surface area contributed by atoms with E-state index in [2.05, 4.69) is 42.0 Å². The van der Waals surface area contributed by atoms with Gasteiger partial charge in [-0.3, -0.25) is 15.6 Å². The summed E-state index contributed by atoms with van der Waals surface area (Å²) >= 11 is 0. The summed E-state index contributed by atoms with van der Waals surface area (Å²) in [7, 11) is 0. The van der Waals surface area contributed by atoms with Gasteiger partial charge in [0.25, 0.3) is 0 Å². The van der Waals surface area contributed by atoms with Crippen molar-refractivity contribution in [2.75, 3.05) is 0 Å². The van der Waals surface area contributed by atoms with Gasteiger partial charge in [-0.1, -0.05) is 29.8 Å². The van der Waals surface area contributed by atoms with Crippen molar-refractivity contribution < 1.29 is 9.90 Å². The second-order valence-corrected chi connectivity index (χ2v) is 4.62. The zero-order chi connectivity index (χ0) is 12.3. The Hall–Kier alpha value is -1.39. The second kappa shape index (κ2) is 5.29. The van der Waals surface area contributed by atoms with Crippen molar-refractivity contribution in [1.82, 2.24) is 10.9 Å². The van der Waals surface area contributed by atoms with Gasteiger partial charge in [0.15, 0.2) is 0 Å². The molecule has 0 spiro atoms. The molecule has 2 atom stereocenters. The molecule has 0 aromatic heterocycles. The maximum Gasteiger partial charge on any atom is 0.303 e. The first-order valence-electron chi connectivity index (χ1n) is 5.94. The highest BCUT2D eigenvalue weighted by atomic mass is 16.4. The molecule has 3 N–H and O–H groups in total. The third kappa shape index (κ3) is 3.28. The van der Waals surface area contributed by atoms with Crippen LogP contribution in [0.4, 0.5) is 0 Å². The van der Waals surface area contributed by atoms with E-state index in [0.717, 1.165) is 6.42 Å². The number of nitrogens with one attached hydrogen (secondary N) is 2. The highest BCUT2D eigenvalue weighted by Crippen LogP contribution is 2.24. The summed E-state index contributed by atoms with van der Waals surface area (Å²) in [6, 6.07) is 8.97. The standard InChI is InChI=1S/C13H18N2O2/c1-9-2-4-10(5-3-9)12-8-11(14-15-12)6-7-13(16)17/h2-5,11-12,14-15H,6-8H2,1H3,(H,16,17). The maximum atomic E-state index is 10.5. The van der Waals surface area contributed by atoms with Crippen LogP contribution in [0.15, 0.2) is 24.3 Å². The molecule has 1 aliphatic rings. The van der Waals surface area contributed by atoms with Crippen molar-refractivity contribution >= 4 is 5.97 Å². The number of benzene rings is 1. The van der Waals surface area contributed by atoms with Crippen LogP contribution < -0.4 is 10.9 Å². The summed E-state index contributed by atoms with van der Waals surface area (Å²) in [4.78, 5) is 10.5. The lowest BCUT2D eigenvalue weighted by Crippen LogP contribution is -2.31. The van der Waals surface area contributed by atoms with Crippen LogP contribution in [0.2, 0.25) is 0 Å².